The van der Waals surface area contributed by atoms with Crippen molar-refractivity contribution in [2.45, 2.75) is 52.4 Å². The largest absolute Gasteiger partial charge is 0.308 e. The fourth-order valence-electron chi connectivity index (χ4n) is 10.6. The third kappa shape index (κ3) is 9.28. The monoisotopic (exact) mass is 965 g/mol. The van der Waals surface area contributed by atoms with Gasteiger partial charge in [-0.2, -0.15) is 0 Å². The number of nitrogens with zero attached hydrogens (tertiary/aromatic N) is 3. The van der Waals surface area contributed by atoms with Gasteiger partial charge in [0.2, 0.25) is 0 Å². The molecule has 0 N–H and O–H groups in total. The number of fused-ring (bicyclic) bond motifs is 3. The SMILES string of the molecule is CC(C)(C)c1ccc(-c2cc(-c3nc(-c4ccccc4)cc(-c4ccc(-c5ccccc5)cc4)n3)cc(-c3ccc(C(C)(C)C)cc3)c2-n2c3ccc(-c4ccccc4)cc3c3cc(-c4ccccc4)ccc32)cc1. The lowest BCUT2D eigenvalue weighted by molar-refractivity contribution is 0.590. The van der Waals surface area contributed by atoms with E-state index in [1.807, 2.05) is 0 Å². The van der Waals surface area contributed by atoms with Gasteiger partial charge < -0.3 is 4.57 Å². The maximum atomic E-state index is 5.52. The molecular weight excluding hydrogens is 907 g/mol. The Labute approximate surface area is 441 Å². The van der Waals surface area contributed by atoms with Crippen LogP contribution in [0.4, 0.5) is 0 Å². The molecule has 10 aromatic carbocycles. The molecule has 0 bridgehead atoms. The number of hydrogen-bond acceptors (Lipinski definition) is 2. The van der Waals surface area contributed by atoms with Gasteiger partial charge in [0.25, 0.3) is 0 Å². The average molecular weight is 966 g/mol. The van der Waals surface area contributed by atoms with Crippen LogP contribution in [0.2, 0.25) is 0 Å². The van der Waals surface area contributed by atoms with Crippen LogP contribution < -0.4 is 0 Å². The molecule has 3 nitrogen and oxygen atoms in total. The zero-order valence-corrected chi connectivity index (χ0v) is 43.5. The second-order valence-electron chi connectivity index (χ2n) is 21.9. The van der Waals surface area contributed by atoms with Crippen LogP contribution in [-0.4, -0.2) is 14.5 Å². The summed E-state index contributed by atoms with van der Waals surface area (Å²) >= 11 is 0. The van der Waals surface area contributed by atoms with Gasteiger partial charge in [0, 0.05) is 38.6 Å². The Morgan fingerprint density at radius 2 is 0.600 bits per heavy atom. The van der Waals surface area contributed by atoms with E-state index in [2.05, 4.69) is 295 Å². The van der Waals surface area contributed by atoms with Crippen LogP contribution in [0, 0.1) is 0 Å². The third-order valence-corrected chi connectivity index (χ3v) is 14.8. The molecule has 0 fully saturated rings. The van der Waals surface area contributed by atoms with Crippen molar-refractivity contribution in [3.8, 4) is 95.2 Å². The van der Waals surface area contributed by atoms with E-state index in [1.54, 1.807) is 0 Å². The van der Waals surface area contributed by atoms with Crippen LogP contribution in [0.15, 0.2) is 249 Å². The van der Waals surface area contributed by atoms with Crippen LogP contribution in [0.1, 0.15) is 52.7 Å². The molecule has 12 rings (SSSR count). The molecule has 75 heavy (non-hydrogen) atoms. The van der Waals surface area contributed by atoms with Gasteiger partial charge in [-0.3, -0.25) is 0 Å². The highest BCUT2D eigenvalue weighted by atomic mass is 15.0. The Morgan fingerprint density at radius 3 is 1.00 bits per heavy atom. The standard InChI is InChI=1S/C72H59N3/c1-71(2,3)59-37-31-52(32-38-59)61-45-58(70-73-65(54-25-17-10-18-26-54)47-66(74-70)55-29-27-51(28-30-55)48-19-11-7-12-20-48)46-62(53-33-39-60(40-34-53)72(4,5)6)69(61)75-67-41-35-56(49-21-13-8-14-22-49)43-63(67)64-44-57(36-42-68(64)75)50-23-15-9-16-24-50/h7-47H,1-6H3. The first-order valence-corrected chi connectivity index (χ1v) is 26.1. The van der Waals surface area contributed by atoms with E-state index in [9.17, 15) is 0 Å². The molecule has 0 saturated heterocycles. The Bertz CT molecular complexity index is 3820. The van der Waals surface area contributed by atoms with Crippen LogP contribution in [0.5, 0.6) is 0 Å². The summed E-state index contributed by atoms with van der Waals surface area (Å²) < 4.78 is 2.53. The first-order valence-electron chi connectivity index (χ1n) is 26.1. The number of aromatic nitrogens is 3. The molecule has 0 aliphatic carbocycles. The molecule has 362 valence electrons. The molecular formula is C72H59N3. The van der Waals surface area contributed by atoms with Crippen molar-refractivity contribution in [2.75, 3.05) is 0 Å². The topological polar surface area (TPSA) is 30.7 Å². The van der Waals surface area contributed by atoms with Crippen LogP contribution in [0.3, 0.4) is 0 Å². The highest BCUT2D eigenvalue weighted by Crippen LogP contribution is 2.46. The molecule has 0 aliphatic rings. The van der Waals surface area contributed by atoms with E-state index in [-0.39, 0.29) is 10.8 Å². The Kier molecular flexibility index (Phi) is 12.0. The number of hydrogen-bond donors (Lipinski definition) is 0. The van der Waals surface area contributed by atoms with Crippen molar-refractivity contribution in [2.24, 2.45) is 0 Å². The molecule has 0 saturated carbocycles. The number of benzene rings is 10. The van der Waals surface area contributed by atoms with Crippen molar-refractivity contribution in [1.82, 2.24) is 14.5 Å². The van der Waals surface area contributed by atoms with Gasteiger partial charge in [-0.25, -0.2) is 9.97 Å². The van der Waals surface area contributed by atoms with Gasteiger partial charge in [0.15, 0.2) is 5.82 Å². The van der Waals surface area contributed by atoms with Crippen molar-refractivity contribution in [3.05, 3.63) is 260 Å². The van der Waals surface area contributed by atoms with E-state index < -0.39 is 0 Å². The van der Waals surface area contributed by atoms with E-state index >= 15 is 0 Å². The Morgan fingerprint density at radius 1 is 0.280 bits per heavy atom. The summed E-state index contributed by atoms with van der Waals surface area (Å²) in [5.74, 6) is 0.660. The fourth-order valence-corrected chi connectivity index (χ4v) is 10.6. The van der Waals surface area contributed by atoms with Gasteiger partial charge in [0.05, 0.1) is 28.1 Å². The molecule has 0 aliphatic heterocycles. The van der Waals surface area contributed by atoms with Crippen LogP contribution >= 0.6 is 0 Å². The van der Waals surface area contributed by atoms with Gasteiger partial charge in [-0.1, -0.05) is 248 Å². The van der Waals surface area contributed by atoms with Crippen molar-refractivity contribution < 1.29 is 0 Å². The molecule has 0 spiro atoms. The summed E-state index contributed by atoms with van der Waals surface area (Å²) in [5.41, 5.74) is 22.1. The molecule has 0 radical (unpaired) electrons. The fraction of sp³-hybridized carbons (Fsp3) is 0.111. The highest BCUT2D eigenvalue weighted by molar-refractivity contribution is 6.13. The summed E-state index contributed by atoms with van der Waals surface area (Å²) in [4.78, 5) is 11.0. The van der Waals surface area contributed by atoms with Crippen molar-refractivity contribution in [1.29, 1.82) is 0 Å². The summed E-state index contributed by atoms with van der Waals surface area (Å²) in [6.07, 6.45) is 0. The maximum Gasteiger partial charge on any atom is 0.160 e. The zero-order chi connectivity index (χ0) is 51.3. The average Bonchev–Trinajstić information content (AvgIpc) is 3.79. The smallest absolute Gasteiger partial charge is 0.160 e. The van der Waals surface area contributed by atoms with Crippen LogP contribution in [0.25, 0.3) is 117 Å². The van der Waals surface area contributed by atoms with Crippen LogP contribution in [-0.2, 0) is 10.8 Å². The highest BCUT2D eigenvalue weighted by Gasteiger charge is 2.25. The molecule has 2 aromatic heterocycles. The van der Waals surface area contributed by atoms with Crippen molar-refractivity contribution in [3.63, 3.8) is 0 Å². The quantitative estimate of drug-likeness (QED) is 0.144. The van der Waals surface area contributed by atoms with Gasteiger partial charge in [-0.05, 0) is 109 Å². The summed E-state index contributed by atoms with van der Waals surface area (Å²) in [7, 11) is 0. The molecule has 12 aromatic rings. The lowest BCUT2D eigenvalue weighted by Crippen LogP contribution is -2.10. The normalized spacial score (nSPS) is 11.9. The minimum Gasteiger partial charge on any atom is -0.308 e. The van der Waals surface area contributed by atoms with E-state index in [4.69, 9.17) is 9.97 Å². The summed E-state index contributed by atoms with van der Waals surface area (Å²) in [6.45, 7) is 13.7. The van der Waals surface area contributed by atoms with Gasteiger partial charge in [-0.15, -0.1) is 0 Å². The third-order valence-electron chi connectivity index (χ3n) is 14.8. The molecule has 2 heterocycles. The van der Waals surface area contributed by atoms with Crippen molar-refractivity contribution >= 4 is 21.8 Å². The second kappa shape index (κ2) is 19.2. The minimum absolute atomic E-state index is 0.0235. The molecule has 0 unspecified atom stereocenters. The molecule has 3 heteroatoms. The number of rotatable bonds is 9. The van der Waals surface area contributed by atoms with E-state index in [1.165, 1.54) is 49.7 Å². The predicted octanol–water partition coefficient (Wildman–Crippen LogP) is 19.5. The first kappa shape index (κ1) is 47.1. The summed E-state index contributed by atoms with van der Waals surface area (Å²) in [5, 5.41) is 2.39. The molecule has 0 amide bonds. The van der Waals surface area contributed by atoms with E-state index in [0.29, 0.717) is 5.82 Å². The summed E-state index contributed by atoms with van der Waals surface area (Å²) in [6, 6.07) is 90.5. The molecule has 0 atom stereocenters. The Balaban J connectivity index is 1.17. The lowest BCUT2D eigenvalue weighted by atomic mass is 9.84. The first-order chi connectivity index (χ1) is 36.4. The maximum absolute atomic E-state index is 5.52. The predicted molar refractivity (Wildman–Crippen MR) is 317 cm³/mol. The lowest BCUT2D eigenvalue weighted by Gasteiger charge is -2.23. The second-order valence-corrected chi connectivity index (χ2v) is 21.9. The van der Waals surface area contributed by atoms with Gasteiger partial charge in [0.1, 0.15) is 0 Å². The Hall–Kier alpha value is -8.92. The zero-order valence-electron chi connectivity index (χ0n) is 43.5. The van der Waals surface area contributed by atoms with E-state index in [0.717, 1.165) is 72.6 Å². The van der Waals surface area contributed by atoms with Gasteiger partial charge >= 0.3 is 0 Å². The minimum atomic E-state index is -0.0235.